The van der Waals surface area contributed by atoms with Crippen LogP contribution < -0.4 is 0 Å². The van der Waals surface area contributed by atoms with Crippen LogP contribution in [0.3, 0.4) is 0 Å². The molecule has 0 spiro atoms. The predicted molar refractivity (Wildman–Crippen MR) is 82.6 cm³/mol. The summed E-state index contributed by atoms with van der Waals surface area (Å²) in [4.78, 5) is 10.9. The molecule has 1 N–H and O–H groups in total. The van der Waals surface area contributed by atoms with Gasteiger partial charge in [0.2, 0.25) is 0 Å². The minimum absolute atomic E-state index is 0.399. The maximum atomic E-state index is 10.9. The van der Waals surface area contributed by atoms with Crippen molar-refractivity contribution in [1.82, 2.24) is 0 Å². The van der Waals surface area contributed by atoms with E-state index in [-0.39, 0.29) is 0 Å². The summed E-state index contributed by atoms with van der Waals surface area (Å²) in [7, 11) is 0. The Bertz CT molecular complexity index is 303. The SMILES string of the molecule is CC(C)C1CCC(CC2CCCC(CC(=O)O)C2)CC1. The predicted octanol–water partition coefficient (Wildman–Crippen LogP) is 5.12. The lowest BCUT2D eigenvalue weighted by atomic mass is 9.71. The van der Waals surface area contributed by atoms with E-state index in [2.05, 4.69) is 13.8 Å². The summed E-state index contributed by atoms with van der Waals surface area (Å²) in [5.74, 6) is 3.40. The monoisotopic (exact) mass is 280 g/mol. The van der Waals surface area contributed by atoms with Crippen LogP contribution in [-0.2, 0) is 4.79 Å². The van der Waals surface area contributed by atoms with Crippen molar-refractivity contribution < 1.29 is 9.90 Å². The average Bonchev–Trinajstić information content (AvgIpc) is 2.39. The van der Waals surface area contributed by atoms with Gasteiger partial charge < -0.3 is 5.11 Å². The van der Waals surface area contributed by atoms with Crippen molar-refractivity contribution in [3.63, 3.8) is 0 Å². The Kier molecular flexibility index (Phi) is 5.92. The first-order valence-corrected chi connectivity index (χ1v) is 8.76. The second-order valence-electron chi connectivity index (χ2n) is 7.76. The zero-order chi connectivity index (χ0) is 14.5. The Labute approximate surface area is 124 Å². The molecule has 0 aromatic rings. The Hall–Kier alpha value is -0.530. The van der Waals surface area contributed by atoms with Gasteiger partial charge in [0.1, 0.15) is 0 Å². The number of rotatable bonds is 5. The molecule has 2 saturated carbocycles. The Morgan fingerprint density at radius 2 is 1.65 bits per heavy atom. The Balaban J connectivity index is 1.72. The summed E-state index contributed by atoms with van der Waals surface area (Å²) < 4.78 is 0. The van der Waals surface area contributed by atoms with Gasteiger partial charge in [-0.2, -0.15) is 0 Å². The highest BCUT2D eigenvalue weighted by atomic mass is 16.4. The third-order valence-corrected chi connectivity index (χ3v) is 5.86. The highest BCUT2D eigenvalue weighted by Crippen LogP contribution is 2.40. The van der Waals surface area contributed by atoms with E-state index in [1.54, 1.807) is 0 Å². The highest BCUT2D eigenvalue weighted by Gasteiger charge is 2.28. The third kappa shape index (κ3) is 4.79. The minimum Gasteiger partial charge on any atom is -0.481 e. The number of hydrogen-bond acceptors (Lipinski definition) is 1. The van der Waals surface area contributed by atoms with Crippen molar-refractivity contribution in [3.05, 3.63) is 0 Å². The number of carboxylic acids is 1. The van der Waals surface area contributed by atoms with Gasteiger partial charge in [0.15, 0.2) is 0 Å². The fourth-order valence-electron chi connectivity index (χ4n) is 4.61. The van der Waals surface area contributed by atoms with Crippen LogP contribution in [-0.4, -0.2) is 11.1 Å². The molecule has 0 aromatic carbocycles. The summed E-state index contributed by atoms with van der Waals surface area (Å²) >= 11 is 0. The summed E-state index contributed by atoms with van der Waals surface area (Å²) in [6, 6.07) is 0. The average molecular weight is 280 g/mol. The van der Waals surface area contributed by atoms with Crippen LogP contribution in [0, 0.1) is 29.6 Å². The van der Waals surface area contributed by atoms with Crippen LogP contribution in [0.4, 0.5) is 0 Å². The highest BCUT2D eigenvalue weighted by molar-refractivity contribution is 5.67. The normalized spacial score (nSPS) is 35.1. The molecule has 116 valence electrons. The first-order chi connectivity index (χ1) is 9.54. The fraction of sp³-hybridized carbons (Fsp3) is 0.944. The van der Waals surface area contributed by atoms with E-state index in [0.29, 0.717) is 12.3 Å². The molecule has 0 radical (unpaired) electrons. The van der Waals surface area contributed by atoms with Crippen LogP contribution >= 0.6 is 0 Å². The third-order valence-electron chi connectivity index (χ3n) is 5.86. The molecule has 2 aliphatic carbocycles. The lowest BCUT2D eigenvalue weighted by Crippen LogP contribution is -2.23. The van der Waals surface area contributed by atoms with Gasteiger partial charge >= 0.3 is 5.97 Å². The van der Waals surface area contributed by atoms with Gasteiger partial charge in [0, 0.05) is 6.42 Å². The van der Waals surface area contributed by atoms with Crippen molar-refractivity contribution in [2.24, 2.45) is 29.6 Å². The van der Waals surface area contributed by atoms with E-state index in [4.69, 9.17) is 5.11 Å². The summed E-state index contributed by atoms with van der Waals surface area (Å²) in [6.07, 6.45) is 12.4. The van der Waals surface area contributed by atoms with E-state index < -0.39 is 5.97 Å². The van der Waals surface area contributed by atoms with Crippen LogP contribution in [0.2, 0.25) is 0 Å². The van der Waals surface area contributed by atoms with E-state index in [0.717, 1.165) is 30.1 Å². The molecular formula is C18H32O2. The molecule has 0 bridgehead atoms. The topological polar surface area (TPSA) is 37.3 Å². The first-order valence-electron chi connectivity index (χ1n) is 8.76. The van der Waals surface area contributed by atoms with Gasteiger partial charge in [-0.25, -0.2) is 0 Å². The second-order valence-corrected chi connectivity index (χ2v) is 7.76. The molecule has 2 atom stereocenters. The van der Waals surface area contributed by atoms with Gasteiger partial charge in [-0.1, -0.05) is 39.5 Å². The summed E-state index contributed by atoms with van der Waals surface area (Å²) in [5.41, 5.74) is 0. The van der Waals surface area contributed by atoms with Crippen molar-refractivity contribution >= 4 is 5.97 Å². The zero-order valence-corrected chi connectivity index (χ0v) is 13.3. The Morgan fingerprint density at radius 1 is 1.00 bits per heavy atom. The van der Waals surface area contributed by atoms with Crippen molar-refractivity contribution in [1.29, 1.82) is 0 Å². The molecule has 0 saturated heterocycles. The molecule has 0 aromatic heterocycles. The summed E-state index contributed by atoms with van der Waals surface area (Å²) in [6.45, 7) is 4.73. The van der Waals surface area contributed by atoms with Gasteiger partial charge in [-0.3, -0.25) is 4.79 Å². The van der Waals surface area contributed by atoms with Crippen molar-refractivity contribution in [3.8, 4) is 0 Å². The molecule has 2 unspecified atom stereocenters. The van der Waals surface area contributed by atoms with Crippen LogP contribution in [0.25, 0.3) is 0 Å². The molecule has 2 aliphatic rings. The Morgan fingerprint density at radius 3 is 2.25 bits per heavy atom. The molecule has 2 rings (SSSR count). The molecular weight excluding hydrogens is 248 g/mol. The summed E-state index contributed by atoms with van der Waals surface area (Å²) in [5, 5.41) is 8.95. The van der Waals surface area contributed by atoms with Crippen LogP contribution in [0.1, 0.15) is 78.1 Å². The largest absolute Gasteiger partial charge is 0.481 e. The van der Waals surface area contributed by atoms with Gasteiger partial charge in [-0.05, 0) is 61.7 Å². The quantitative estimate of drug-likeness (QED) is 0.759. The van der Waals surface area contributed by atoms with E-state index in [9.17, 15) is 4.79 Å². The first kappa shape index (κ1) is 15.9. The second kappa shape index (κ2) is 7.47. The molecule has 0 heterocycles. The number of hydrogen-bond donors (Lipinski definition) is 1. The lowest BCUT2D eigenvalue weighted by molar-refractivity contribution is -0.138. The molecule has 0 amide bonds. The van der Waals surface area contributed by atoms with Crippen molar-refractivity contribution in [2.45, 2.75) is 78.1 Å². The number of carboxylic acid groups (broad SMARTS) is 1. The van der Waals surface area contributed by atoms with Crippen molar-refractivity contribution in [2.75, 3.05) is 0 Å². The van der Waals surface area contributed by atoms with E-state index in [1.807, 2.05) is 0 Å². The van der Waals surface area contributed by atoms with Crippen LogP contribution in [0.15, 0.2) is 0 Å². The lowest BCUT2D eigenvalue weighted by Gasteiger charge is -2.35. The van der Waals surface area contributed by atoms with Gasteiger partial charge in [-0.15, -0.1) is 0 Å². The zero-order valence-electron chi connectivity index (χ0n) is 13.3. The molecule has 2 fully saturated rings. The van der Waals surface area contributed by atoms with Gasteiger partial charge in [0.05, 0.1) is 0 Å². The standard InChI is InChI=1S/C18H32O2/c1-13(2)17-8-6-14(7-9-17)10-15-4-3-5-16(11-15)12-18(19)20/h13-17H,3-12H2,1-2H3,(H,19,20). The molecule has 2 heteroatoms. The van der Waals surface area contributed by atoms with Crippen LogP contribution in [0.5, 0.6) is 0 Å². The molecule has 20 heavy (non-hydrogen) atoms. The van der Waals surface area contributed by atoms with Gasteiger partial charge in [0.25, 0.3) is 0 Å². The minimum atomic E-state index is -0.604. The van der Waals surface area contributed by atoms with E-state index >= 15 is 0 Å². The fourth-order valence-corrected chi connectivity index (χ4v) is 4.61. The smallest absolute Gasteiger partial charge is 0.303 e. The molecule has 2 nitrogen and oxygen atoms in total. The maximum Gasteiger partial charge on any atom is 0.303 e. The van der Waals surface area contributed by atoms with E-state index in [1.165, 1.54) is 51.4 Å². The molecule has 0 aliphatic heterocycles. The number of aliphatic carboxylic acids is 1. The number of carbonyl (C=O) groups is 1. The maximum absolute atomic E-state index is 10.9.